The highest BCUT2D eigenvalue weighted by molar-refractivity contribution is 4.81. The van der Waals surface area contributed by atoms with Gasteiger partial charge in [-0.25, -0.2) is 0 Å². The van der Waals surface area contributed by atoms with E-state index in [2.05, 4.69) is 18.9 Å². The van der Waals surface area contributed by atoms with E-state index in [1.807, 2.05) is 0 Å². The fourth-order valence-electron chi connectivity index (χ4n) is 2.95. The van der Waals surface area contributed by atoms with E-state index in [9.17, 15) is 5.11 Å². The molecular formula is C14H29NO2. The highest BCUT2D eigenvalue weighted by Crippen LogP contribution is 2.32. The van der Waals surface area contributed by atoms with Gasteiger partial charge in [0.25, 0.3) is 0 Å². The van der Waals surface area contributed by atoms with Crippen LogP contribution in [0, 0.1) is 11.8 Å². The molecule has 0 aromatic carbocycles. The van der Waals surface area contributed by atoms with Crippen LogP contribution in [0.3, 0.4) is 0 Å². The lowest BCUT2D eigenvalue weighted by atomic mass is 9.77. The third kappa shape index (κ3) is 5.36. The summed E-state index contributed by atoms with van der Waals surface area (Å²) in [6.07, 6.45) is 5.92. The molecule has 0 spiro atoms. The average molecular weight is 243 g/mol. The zero-order valence-electron chi connectivity index (χ0n) is 11.7. The Hall–Kier alpha value is -0.120. The average Bonchev–Trinajstić information content (AvgIpc) is 2.31. The van der Waals surface area contributed by atoms with E-state index >= 15 is 0 Å². The quantitative estimate of drug-likeness (QED) is 0.743. The van der Waals surface area contributed by atoms with E-state index in [-0.39, 0.29) is 6.10 Å². The number of hydrogen-bond acceptors (Lipinski definition) is 3. The zero-order valence-corrected chi connectivity index (χ0v) is 11.7. The van der Waals surface area contributed by atoms with Crippen LogP contribution in [0.2, 0.25) is 0 Å². The molecule has 1 N–H and O–H groups in total. The summed E-state index contributed by atoms with van der Waals surface area (Å²) < 4.78 is 5.08. The molecule has 0 aliphatic heterocycles. The number of likely N-dealkylation sites (N-methyl/N-ethyl adjacent to an activating group) is 1. The molecule has 1 aliphatic carbocycles. The van der Waals surface area contributed by atoms with E-state index in [0.29, 0.717) is 5.92 Å². The summed E-state index contributed by atoms with van der Waals surface area (Å²) in [7, 11) is 3.86. The SMILES string of the molecule is CCCC1CCC(O)C(CN(C)CCOC)C1. The Morgan fingerprint density at radius 3 is 2.76 bits per heavy atom. The van der Waals surface area contributed by atoms with Gasteiger partial charge in [0.2, 0.25) is 0 Å². The number of ether oxygens (including phenoxy) is 1. The summed E-state index contributed by atoms with van der Waals surface area (Å²) in [5.41, 5.74) is 0. The molecule has 1 rings (SSSR count). The molecule has 0 aromatic rings. The van der Waals surface area contributed by atoms with E-state index in [0.717, 1.165) is 32.0 Å². The van der Waals surface area contributed by atoms with Crippen molar-refractivity contribution in [3.63, 3.8) is 0 Å². The van der Waals surface area contributed by atoms with Crippen molar-refractivity contribution in [1.29, 1.82) is 0 Å². The van der Waals surface area contributed by atoms with Crippen molar-refractivity contribution >= 4 is 0 Å². The summed E-state index contributed by atoms with van der Waals surface area (Å²) in [6, 6.07) is 0. The second kappa shape index (κ2) is 8.06. The minimum absolute atomic E-state index is 0.0897. The largest absolute Gasteiger partial charge is 0.393 e. The molecular weight excluding hydrogens is 214 g/mol. The summed E-state index contributed by atoms with van der Waals surface area (Å²) >= 11 is 0. The van der Waals surface area contributed by atoms with Crippen LogP contribution in [0.5, 0.6) is 0 Å². The molecule has 0 radical (unpaired) electrons. The molecule has 3 unspecified atom stereocenters. The maximum absolute atomic E-state index is 10.1. The lowest BCUT2D eigenvalue weighted by Crippen LogP contribution is -2.38. The maximum Gasteiger partial charge on any atom is 0.0589 e. The smallest absolute Gasteiger partial charge is 0.0589 e. The van der Waals surface area contributed by atoms with Gasteiger partial charge in [-0.2, -0.15) is 0 Å². The summed E-state index contributed by atoms with van der Waals surface area (Å²) in [4.78, 5) is 2.28. The number of aliphatic hydroxyl groups is 1. The number of rotatable bonds is 7. The van der Waals surface area contributed by atoms with Crippen molar-refractivity contribution in [2.75, 3.05) is 33.9 Å². The Balaban J connectivity index is 2.33. The van der Waals surface area contributed by atoms with Gasteiger partial charge < -0.3 is 14.7 Å². The van der Waals surface area contributed by atoms with Crippen LogP contribution in [0.15, 0.2) is 0 Å². The van der Waals surface area contributed by atoms with Crippen molar-refractivity contribution in [1.82, 2.24) is 4.90 Å². The molecule has 0 heterocycles. The zero-order chi connectivity index (χ0) is 12.7. The molecule has 0 saturated heterocycles. The molecule has 0 bridgehead atoms. The van der Waals surface area contributed by atoms with Gasteiger partial charge in [0, 0.05) is 20.2 Å². The van der Waals surface area contributed by atoms with Crippen LogP contribution in [-0.4, -0.2) is 50.0 Å². The van der Waals surface area contributed by atoms with Crippen molar-refractivity contribution < 1.29 is 9.84 Å². The normalized spacial score (nSPS) is 29.8. The summed E-state index contributed by atoms with van der Waals surface area (Å²) in [6.45, 7) is 4.99. The Labute approximate surface area is 106 Å². The maximum atomic E-state index is 10.1. The van der Waals surface area contributed by atoms with Crippen LogP contribution in [0.1, 0.15) is 39.0 Å². The third-order valence-corrected chi connectivity index (χ3v) is 3.97. The fraction of sp³-hybridized carbons (Fsp3) is 1.00. The number of methoxy groups -OCH3 is 1. The van der Waals surface area contributed by atoms with Gasteiger partial charge in [0.15, 0.2) is 0 Å². The second-order valence-corrected chi connectivity index (χ2v) is 5.55. The lowest BCUT2D eigenvalue weighted by molar-refractivity contribution is 0.0263. The van der Waals surface area contributed by atoms with Crippen molar-refractivity contribution in [2.24, 2.45) is 11.8 Å². The number of nitrogens with zero attached hydrogens (tertiary/aromatic N) is 1. The molecule has 3 heteroatoms. The molecule has 102 valence electrons. The molecule has 1 saturated carbocycles. The van der Waals surface area contributed by atoms with Gasteiger partial charge in [-0.1, -0.05) is 19.8 Å². The molecule has 1 aliphatic rings. The Morgan fingerprint density at radius 1 is 1.35 bits per heavy atom. The number of aliphatic hydroxyl groups excluding tert-OH is 1. The van der Waals surface area contributed by atoms with E-state index in [1.54, 1.807) is 7.11 Å². The van der Waals surface area contributed by atoms with Crippen LogP contribution >= 0.6 is 0 Å². The van der Waals surface area contributed by atoms with Crippen molar-refractivity contribution in [2.45, 2.75) is 45.1 Å². The van der Waals surface area contributed by atoms with E-state index in [4.69, 9.17) is 4.74 Å². The Morgan fingerprint density at radius 2 is 2.12 bits per heavy atom. The monoisotopic (exact) mass is 243 g/mol. The highest BCUT2D eigenvalue weighted by atomic mass is 16.5. The minimum atomic E-state index is -0.0897. The topological polar surface area (TPSA) is 32.7 Å². The van der Waals surface area contributed by atoms with E-state index < -0.39 is 0 Å². The van der Waals surface area contributed by atoms with Crippen LogP contribution in [0.4, 0.5) is 0 Å². The lowest BCUT2D eigenvalue weighted by Gasteiger charge is -2.35. The van der Waals surface area contributed by atoms with Crippen LogP contribution in [0.25, 0.3) is 0 Å². The third-order valence-electron chi connectivity index (χ3n) is 3.97. The fourth-order valence-corrected chi connectivity index (χ4v) is 2.95. The first kappa shape index (κ1) is 14.9. The Kier molecular flexibility index (Phi) is 7.09. The summed E-state index contributed by atoms with van der Waals surface area (Å²) in [5, 5.41) is 10.1. The van der Waals surface area contributed by atoms with Gasteiger partial charge >= 0.3 is 0 Å². The predicted molar refractivity (Wildman–Crippen MR) is 71.1 cm³/mol. The van der Waals surface area contributed by atoms with E-state index in [1.165, 1.54) is 25.7 Å². The molecule has 17 heavy (non-hydrogen) atoms. The minimum Gasteiger partial charge on any atom is -0.393 e. The summed E-state index contributed by atoms with van der Waals surface area (Å²) in [5.74, 6) is 1.30. The van der Waals surface area contributed by atoms with Gasteiger partial charge in [-0.3, -0.25) is 0 Å². The first-order valence-electron chi connectivity index (χ1n) is 7.02. The highest BCUT2D eigenvalue weighted by Gasteiger charge is 2.29. The predicted octanol–water partition coefficient (Wildman–Crippen LogP) is 2.14. The van der Waals surface area contributed by atoms with Gasteiger partial charge in [0.1, 0.15) is 0 Å². The molecule has 0 amide bonds. The van der Waals surface area contributed by atoms with Gasteiger partial charge in [-0.15, -0.1) is 0 Å². The standard InChI is InChI=1S/C14H29NO2/c1-4-5-12-6-7-14(16)13(10-12)11-15(2)8-9-17-3/h12-14,16H,4-11H2,1-3H3. The van der Waals surface area contributed by atoms with Gasteiger partial charge in [-0.05, 0) is 38.1 Å². The molecule has 1 fully saturated rings. The molecule has 3 nitrogen and oxygen atoms in total. The second-order valence-electron chi connectivity index (χ2n) is 5.55. The van der Waals surface area contributed by atoms with Gasteiger partial charge in [0.05, 0.1) is 12.7 Å². The number of hydrogen-bond donors (Lipinski definition) is 1. The first-order valence-corrected chi connectivity index (χ1v) is 7.02. The van der Waals surface area contributed by atoms with Crippen molar-refractivity contribution in [3.8, 4) is 0 Å². The molecule has 3 atom stereocenters. The first-order chi connectivity index (χ1) is 8.17. The van der Waals surface area contributed by atoms with Crippen LogP contribution in [-0.2, 0) is 4.74 Å². The Bertz CT molecular complexity index is 199. The van der Waals surface area contributed by atoms with Crippen LogP contribution < -0.4 is 0 Å². The van der Waals surface area contributed by atoms with Crippen molar-refractivity contribution in [3.05, 3.63) is 0 Å². The molecule has 0 aromatic heterocycles.